The van der Waals surface area contributed by atoms with E-state index in [1.807, 2.05) is 6.92 Å². The van der Waals surface area contributed by atoms with Crippen LogP contribution in [0.2, 0.25) is 0 Å². The first-order valence-electron chi connectivity index (χ1n) is 6.34. The van der Waals surface area contributed by atoms with Crippen molar-refractivity contribution < 1.29 is 19.1 Å². The number of benzene rings is 1. The smallest absolute Gasteiger partial charge is 0.228 e. The molecule has 1 atom stereocenters. The van der Waals surface area contributed by atoms with E-state index in [-0.39, 0.29) is 17.1 Å². The zero-order valence-corrected chi connectivity index (χ0v) is 12.8. The summed E-state index contributed by atoms with van der Waals surface area (Å²) in [6.07, 6.45) is 0.339. The summed E-state index contributed by atoms with van der Waals surface area (Å²) < 4.78 is 10.3. The summed E-state index contributed by atoms with van der Waals surface area (Å²) in [5, 5.41) is 2.68. The minimum Gasteiger partial charge on any atom is -0.497 e. The molecule has 1 N–H and O–H groups in total. The highest BCUT2D eigenvalue weighted by Crippen LogP contribution is 2.26. The normalized spacial score (nSPS) is 17.8. The van der Waals surface area contributed by atoms with E-state index < -0.39 is 0 Å². The molecule has 1 aromatic carbocycles. The van der Waals surface area contributed by atoms with E-state index in [0.717, 1.165) is 11.8 Å². The predicted molar refractivity (Wildman–Crippen MR) is 81.1 cm³/mol. The fraction of sp³-hybridized carbons (Fsp3) is 0.357. The minimum atomic E-state index is -0.236. The maximum atomic E-state index is 12.3. The average molecular weight is 308 g/mol. The molecule has 1 aliphatic rings. The lowest BCUT2D eigenvalue weighted by molar-refractivity contribution is -0.120. The summed E-state index contributed by atoms with van der Waals surface area (Å²) in [5.74, 6) is 0.929. The van der Waals surface area contributed by atoms with Crippen molar-refractivity contribution in [2.45, 2.75) is 19.4 Å². The Morgan fingerprint density at radius 2 is 1.90 bits per heavy atom. The second-order valence-electron chi connectivity index (χ2n) is 4.53. The van der Waals surface area contributed by atoms with Gasteiger partial charge in [-0.3, -0.25) is 14.6 Å². The number of nitrogens with zero attached hydrogens (tertiary/aromatic N) is 1. The number of methoxy groups -OCH3 is 2. The lowest BCUT2D eigenvalue weighted by Crippen LogP contribution is -2.36. The fourth-order valence-corrected chi connectivity index (χ4v) is 2.65. The van der Waals surface area contributed by atoms with Crippen LogP contribution in [0.1, 0.15) is 23.7 Å². The number of carbonyl (C=O) groups excluding carboxylic acids is 2. The van der Waals surface area contributed by atoms with Crippen molar-refractivity contribution in [2.75, 3.05) is 14.2 Å². The van der Waals surface area contributed by atoms with Gasteiger partial charge in [0.15, 0.2) is 5.17 Å². The van der Waals surface area contributed by atoms with Gasteiger partial charge >= 0.3 is 0 Å². The Hall–Kier alpha value is -2.02. The van der Waals surface area contributed by atoms with Gasteiger partial charge < -0.3 is 14.8 Å². The Morgan fingerprint density at radius 3 is 2.43 bits per heavy atom. The first kappa shape index (κ1) is 15.4. The van der Waals surface area contributed by atoms with Gasteiger partial charge in [0, 0.05) is 18.1 Å². The largest absolute Gasteiger partial charge is 0.497 e. The molecule has 0 unspecified atom stereocenters. The van der Waals surface area contributed by atoms with Gasteiger partial charge in [0.2, 0.25) is 11.0 Å². The summed E-state index contributed by atoms with van der Waals surface area (Å²) in [6.45, 7) is 1.83. The van der Waals surface area contributed by atoms with Crippen molar-refractivity contribution in [3.63, 3.8) is 0 Å². The standard InChI is InChI=1S/C14H16N2O4S/c1-8-4-12(17)16-14(15-8)21-13(18)9-5-10(19-2)7-11(6-9)20-3/h5-8H,4H2,1-3H3,(H,15,16,17)/t8-/m0/s1. The topological polar surface area (TPSA) is 77.0 Å². The fourth-order valence-electron chi connectivity index (χ4n) is 1.84. The van der Waals surface area contributed by atoms with Gasteiger partial charge in [-0.15, -0.1) is 0 Å². The van der Waals surface area contributed by atoms with E-state index in [1.54, 1.807) is 18.2 Å². The van der Waals surface area contributed by atoms with Gasteiger partial charge in [0.05, 0.1) is 20.3 Å². The molecule has 0 spiro atoms. The third-order valence-corrected chi connectivity index (χ3v) is 3.66. The van der Waals surface area contributed by atoms with Crippen LogP contribution in [-0.2, 0) is 4.79 Å². The number of carbonyl (C=O) groups is 2. The van der Waals surface area contributed by atoms with Crippen molar-refractivity contribution >= 4 is 28.0 Å². The predicted octanol–water partition coefficient (Wildman–Crippen LogP) is 1.84. The summed E-state index contributed by atoms with van der Waals surface area (Å²) in [7, 11) is 3.03. The van der Waals surface area contributed by atoms with Crippen molar-refractivity contribution in [1.82, 2.24) is 5.32 Å². The number of aliphatic imine (C=N–C) groups is 1. The quantitative estimate of drug-likeness (QED) is 0.922. The molecule has 0 bridgehead atoms. The van der Waals surface area contributed by atoms with Crippen LogP contribution in [0.4, 0.5) is 0 Å². The SMILES string of the molecule is COc1cc(OC)cc(C(=O)SC2=N[C@@H](C)CC(=O)N2)c1. The molecule has 1 amide bonds. The number of rotatable bonds is 3. The van der Waals surface area contributed by atoms with Crippen LogP contribution in [0.5, 0.6) is 11.5 Å². The number of hydrogen-bond acceptors (Lipinski definition) is 6. The molecule has 21 heavy (non-hydrogen) atoms. The highest BCUT2D eigenvalue weighted by atomic mass is 32.2. The van der Waals surface area contributed by atoms with E-state index in [4.69, 9.17) is 9.47 Å². The molecule has 0 aliphatic carbocycles. The number of thioether (sulfide) groups is 1. The lowest BCUT2D eigenvalue weighted by Gasteiger charge is -2.16. The van der Waals surface area contributed by atoms with Gasteiger partial charge in [-0.05, 0) is 30.8 Å². The number of nitrogens with one attached hydrogen (secondary N) is 1. The van der Waals surface area contributed by atoms with Gasteiger partial charge in [0.1, 0.15) is 11.5 Å². The van der Waals surface area contributed by atoms with Crippen LogP contribution in [0, 0.1) is 0 Å². The Balaban J connectivity index is 2.18. The Bertz CT molecular complexity index is 578. The summed E-state index contributed by atoms with van der Waals surface area (Å²) >= 11 is 0.888. The van der Waals surface area contributed by atoms with Crippen molar-refractivity contribution in [3.8, 4) is 11.5 Å². The summed E-state index contributed by atoms with van der Waals surface area (Å²) in [5.41, 5.74) is 0.423. The Kier molecular flexibility index (Phi) is 4.85. The van der Waals surface area contributed by atoms with Crippen molar-refractivity contribution in [1.29, 1.82) is 0 Å². The number of amides is 1. The molecule has 1 aliphatic heterocycles. The average Bonchev–Trinajstić information content (AvgIpc) is 2.45. The number of hydrogen-bond donors (Lipinski definition) is 1. The minimum absolute atomic E-state index is 0.117. The Labute approximate surface area is 126 Å². The van der Waals surface area contributed by atoms with Crippen LogP contribution < -0.4 is 14.8 Å². The van der Waals surface area contributed by atoms with Crippen molar-refractivity contribution in [2.24, 2.45) is 4.99 Å². The molecule has 112 valence electrons. The molecular formula is C14H16N2O4S. The second-order valence-corrected chi connectivity index (χ2v) is 5.49. The molecule has 0 radical (unpaired) electrons. The first-order valence-corrected chi connectivity index (χ1v) is 7.16. The summed E-state index contributed by atoms with van der Waals surface area (Å²) in [6, 6.07) is 4.80. The zero-order valence-electron chi connectivity index (χ0n) is 12.0. The van der Waals surface area contributed by atoms with E-state index in [0.29, 0.717) is 28.7 Å². The monoisotopic (exact) mass is 308 g/mol. The maximum Gasteiger partial charge on any atom is 0.228 e. The molecule has 6 nitrogen and oxygen atoms in total. The molecule has 0 fully saturated rings. The van der Waals surface area contributed by atoms with Crippen molar-refractivity contribution in [3.05, 3.63) is 23.8 Å². The highest BCUT2D eigenvalue weighted by Gasteiger charge is 2.21. The molecule has 1 heterocycles. The van der Waals surface area contributed by atoms with Gasteiger partial charge in [0.25, 0.3) is 0 Å². The van der Waals surface area contributed by atoms with Gasteiger partial charge in [-0.25, -0.2) is 0 Å². The third-order valence-electron chi connectivity index (χ3n) is 2.84. The van der Waals surface area contributed by atoms with E-state index in [1.165, 1.54) is 14.2 Å². The highest BCUT2D eigenvalue weighted by molar-refractivity contribution is 8.26. The van der Waals surface area contributed by atoms with Gasteiger partial charge in [-0.1, -0.05) is 0 Å². The third kappa shape index (κ3) is 3.98. The van der Waals surface area contributed by atoms with E-state index in [2.05, 4.69) is 10.3 Å². The number of ether oxygens (including phenoxy) is 2. The maximum absolute atomic E-state index is 12.3. The van der Waals surface area contributed by atoms with Gasteiger partial charge in [-0.2, -0.15) is 0 Å². The first-order chi connectivity index (χ1) is 10.0. The lowest BCUT2D eigenvalue weighted by atomic mass is 10.2. The zero-order chi connectivity index (χ0) is 15.4. The second kappa shape index (κ2) is 6.62. The van der Waals surface area contributed by atoms with Crippen LogP contribution in [0.15, 0.2) is 23.2 Å². The molecule has 1 aromatic rings. The summed E-state index contributed by atoms with van der Waals surface area (Å²) in [4.78, 5) is 28.0. The number of amidine groups is 1. The molecule has 0 saturated carbocycles. The molecule has 7 heteroatoms. The van der Waals surface area contributed by atoms with Crippen LogP contribution in [0.25, 0.3) is 0 Å². The molecular weight excluding hydrogens is 292 g/mol. The molecule has 2 rings (SSSR count). The molecule has 0 saturated heterocycles. The van der Waals surface area contributed by atoms with Crippen LogP contribution >= 0.6 is 11.8 Å². The van der Waals surface area contributed by atoms with E-state index in [9.17, 15) is 9.59 Å². The van der Waals surface area contributed by atoms with Crippen LogP contribution in [-0.4, -0.2) is 36.5 Å². The van der Waals surface area contributed by atoms with Crippen LogP contribution in [0.3, 0.4) is 0 Å². The Morgan fingerprint density at radius 1 is 1.29 bits per heavy atom. The molecule has 0 aromatic heterocycles. The van der Waals surface area contributed by atoms with E-state index >= 15 is 0 Å².